The zero-order valence-corrected chi connectivity index (χ0v) is 19.7. The second-order valence-electron chi connectivity index (χ2n) is 6.93. The summed E-state index contributed by atoms with van der Waals surface area (Å²) in [5.74, 6) is 0.445. The quantitative estimate of drug-likeness (QED) is 0.160. The highest BCUT2D eigenvalue weighted by molar-refractivity contribution is 9.10. The summed E-state index contributed by atoms with van der Waals surface area (Å²) in [6.45, 7) is 0.590. The van der Waals surface area contributed by atoms with Crippen LogP contribution in [0.25, 0.3) is 11.4 Å². The third-order valence-corrected chi connectivity index (χ3v) is 6.06. The molecule has 2 heterocycles. The first kappa shape index (κ1) is 22.7. The number of thioether (sulfide) groups is 1. The summed E-state index contributed by atoms with van der Waals surface area (Å²) in [5.41, 5.74) is 4.89. The molecule has 0 aliphatic heterocycles. The predicted molar refractivity (Wildman–Crippen MR) is 128 cm³/mol. The van der Waals surface area contributed by atoms with Crippen LogP contribution in [0.2, 0.25) is 0 Å². The highest BCUT2D eigenvalue weighted by Crippen LogP contribution is 2.19. The van der Waals surface area contributed by atoms with Crippen LogP contribution < -0.4 is 15.1 Å². The van der Waals surface area contributed by atoms with E-state index in [-0.39, 0.29) is 17.4 Å². The number of aromatic amines is 1. The van der Waals surface area contributed by atoms with E-state index in [0.717, 1.165) is 21.4 Å². The van der Waals surface area contributed by atoms with Crippen LogP contribution in [0.15, 0.2) is 87.8 Å². The van der Waals surface area contributed by atoms with Crippen molar-refractivity contribution in [3.05, 3.63) is 88.7 Å². The molecule has 0 radical (unpaired) electrons. The van der Waals surface area contributed by atoms with Crippen LogP contribution in [0.1, 0.15) is 11.1 Å². The molecule has 0 aliphatic rings. The first-order valence-corrected chi connectivity index (χ1v) is 11.7. The van der Waals surface area contributed by atoms with Crippen molar-refractivity contribution in [1.29, 1.82) is 0 Å². The van der Waals surface area contributed by atoms with Crippen LogP contribution in [0.4, 0.5) is 0 Å². The smallest absolute Gasteiger partial charge is 0.337 e. The van der Waals surface area contributed by atoms with Gasteiger partial charge < -0.3 is 5.11 Å². The molecule has 0 spiro atoms. The Hall–Kier alpha value is -3.50. The summed E-state index contributed by atoms with van der Waals surface area (Å²) < 4.78 is 2.79. The third kappa shape index (κ3) is 6.05. The predicted octanol–water partition coefficient (Wildman–Crippen LogP) is 2.89. The molecule has 2 aromatic heterocycles. The van der Waals surface area contributed by atoms with E-state index >= 15 is 0 Å². The minimum absolute atomic E-state index is 0.107. The van der Waals surface area contributed by atoms with Gasteiger partial charge >= 0.3 is 5.16 Å². The van der Waals surface area contributed by atoms with Gasteiger partial charge in [0.1, 0.15) is 0 Å². The van der Waals surface area contributed by atoms with E-state index < -0.39 is 0 Å². The fourth-order valence-corrected chi connectivity index (χ4v) is 4.15. The number of hydrogen-bond donors (Lipinski definition) is 2. The SMILES string of the molecule is O=C(CSc1n[nH]c(-c2ccncc2)[n+]1Cc1ccccc1)N/N=C/c1cc(Br)ccc1[O-]. The van der Waals surface area contributed by atoms with Crippen LogP contribution in [-0.4, -0.2) is 33.1 Å². The average molecular weight is 523 g/mol. The Bertz CT molecular complexity index is 1260. The van der Waals surface area contributed by atoms with E-state index in [1.165, 1.54) is 24.0 Å². The number of halogens is 1. The van der Waals surface area contributed by atoms with Crippen molar-refractivity contribution >= 4 is 39.8 Å². The zero-order valence-electron chi connectivity index (χ0n) is 17.3. The Morgan fingerprint density at radius 1 is 1.18 bits per heavy atom. The maximum Gasteiger partial charge on any atom is 0.337 e. The van der Waals surface area contributed by atoms with Crippen molar-refractivity contribution in [1.82, 2.24) is 20.6 Å². The number of aromatic nitrogens is 4. The van der Waals surface area contributed by atoms with Crippen LogP contribution in [0, 0.1) is 0 Å². The van der Waals surface area contributed by atoms with Gasteiger partial charge in [-0.15, -0.1) is 5.10 Å². The lowest BCUT2D eigenvalue weighted by Crippen LogP contribution is -2.37. The lowest BCUT2D eigenvalue weighted by atomic mass is 10.2. The van der Waals surface area contributed by atoms with Crippen molar-refractivity contribution < 1.29 is 14.5 Å². The van der Waals surface area contributed by atoms with Crippen LogP contribution >= 0.6 is 27.7 Å². The molecule has 166 valence electrons. The molecule has 4 aromatic rings. The Balaban J connectivity index is 1.46. The number of nitrogens with one attached hydrogen (secondary N) is 2. The van der Waals surface area contributed by atoms with Gasteiger partial charge in [0.2, 0.25) is 0 Å². The number of carbonyl (C=O) groups excluding carboxylic acids is 1. The van der Waals surface area contributed by atoms with E-state index in [0.29, 0.717) is 17.3 Å². The molecule has 0 saturated carbocycles. The number of carbonyl (C=O) groups is 1. The van der Waals surface area contributed by atoms with Crippen LogP contribution in [0.3, 0.4) is 0 Å². The highest BCUT2D eigenvalue weighted by Gasteiger charge is 2.23. The summed E-state index contributed by atoms with van der Waals surface area (Å²) in [6, 6.07) is 18.6. The molecule has 10 heteroatoms. The monoisotopic (exact) mass is 522 g/mol. The number of hydrogen-bond acceptors (Lipinski definition) is 6. The molecule has 2 aromatic carbocycles. The standard InChI is InChI=1S/C23H19BrN6O2S/c24-19-6-7-20(31)18(12-19)13-26-27-21(32)15-33-23-29-28-22(17-8-10-25-11-9-17)30(23)14-16-4-2-1-3-5-16/h1-13H,14-15H2,(H2,25,26,27,28,31,32). The van der Waals surface area contributed by atoms with Crippen molar-refractivity contribution in [2.45, 2.75) is 11.7 Å². The summed E-state index contributed by atoms with van der Waals surface area (Å²) in [6.07, 6.45) is 4.78. The summed E-state index contributed by atoms with van der Waals surface area (Å²) in [5, 5.41) is 23.9. The Morgan fingerprint density at radius 3 is 2.76 bits per heavy atom. The van der Waals surface area contributed by atoms with Gasteiger partial charge in [0, 0.05) is 16.9 Å². The number of amides is 1. The largest absolute Gasteiger partial charge is 0.872 e. The molecule has 4 rings (SSSR count). The highest BCUT2D eigenvalue weighted by atomic mass is 79.9. The lowest BCUT2D eigenvalue weighted by molar-refractivity contribution is -0.714. The number of hydrazone groups is 1. The molecule has 8 nitrogen and oxygen atoms in total. The fraction of sp³-hybridized carbons (Fsp3) is 0.0870. The molecule has 33 heavy (non-hydrogen) atoms. The van der Waals surface area contributed by atoms with Crippen molar-refractivity contribution in [3.63, 3.8) is 0 Å². The second-order valence-corrected chi connectivity index (χ2v) is 8.78. The number of benzene rings is 2. The van der Waals surface area contributed by atoms with Gasteiger partial charge in [0.15, 0.2) is 0 Å². The van der Waals surface area contributed by atoms with Gasteiger partial charge in [-0.1, -0.05) is 58.1 Å². The first-order chi connectivity index (χ1) is 16.1. The number of rotatable bonds is 8. The maximum atomic E-state index is 12.3. The van der Waals surface area contributed by atoms with Crippen molar-refractivity contribution in [3.8, 4) is 17.1 Å². The number of pyridine rings is 1. The van der Waals surface area contributed by atoms with Gasteiger partial charge in [-0.05, 0) is 47.2 Å². The minimum atomic E-state index is -0.307. The van der Waals surface area contributed by atoms with E-state index in [9.17, 15) is 9.90 Å². The molecule has 0 saturated heterocycles. The fourth-order valence-electron chi connectivity index (χ4n) is 3.03. The molecule has 0 bridgehead atoms. The maximum absolute atomic E-state index is 12.3. The van der Waals surface area contributed by atoms with Gasteiger partial charge in [0.25, 0.3) is 11.7 Å². The third-order valence-electron chi connectivity index (χ3n) is 4.59. The van der Waals surface area contributed by atoms with E-state index in [1.54, 1.807) is 24.5 Å². The van der Waals surface area contributed by atoms with Gasteiger partial charge in [0.05, 0.1) is 29.2 Å². The number of H-pyrrole nitrogens is 1. The second kappa shape index (κ2) is 10.9. The van der Waals surface area contributed by atoms with Crippen LogP contribution in [-0.2, 0) is 11.3 Å². The average Bonchev–Trinajstić information content (AvgIpc) is 3.23. The molecule has 1 amide bonds. The summed E-state index contributed by atoms with van der Waals surface area (Å²) >= 11 is 4.60. The van der Waals surface area contributed by atoms with E-state index in [4.69, 9.17) is 0 Å². The van der Waals surface area contributed by atoms with E-state index in [2.05, 4.69) is 41.6 Å². The summed E-state index contributed by atoms with van der Waals surface area (Å²) in [7, 11) is 0. The van der Waals surface area contributed by atoms with Crippen molar-refractivity contribution in [2.75, 3.05) is 5.75 Å². The molecular formula is C23H19BrN6O2S. The van der Waals surface area contributed by atoms with Gasteiger partial charge in [-0.2, -0.15) is 5.10 Å². The summed E-state index contributed by atoms with van der Waals surface area (Å²) in [4.78, 5) is 16.4. The minimum Gasteiger partial charge on any atom is -0.872 e. The zero-order chi connectivity index (χ0) is 23.0. The Morgan fingerprint density at radius 2 is 1.97 bits per heavy atom. The van der Waals surface area contributed by atoms with Crippen molar-refractivity contribution in [2.24, 2.45) is 5.10 Å². The number of nitrogens with zero attached hydrogens (tertiary/aromatic N) is 4. The van der Waals surface area contributed by atoms with Crippen LogP contribution in [0.5, 0.6) is 5.75 Å². The molecular weight excluding hydrogens is 504 g/mol. The molecule has 0 aliphatic carbocycles. The van der Waals surface area contributed by atoms with Gasteiger partial charge in [-0.25, -0.2) is 9.99 Å². The lowest BCUT2D eigenvalue weighted by Gasteiger charge is -2.09. The molecule has 0 atom stereocenters. The Labute approximate surface area is 202 Å². The molecule has 2 N–H and O–H groups in total. The topological polar surface area (TPSA) is 110 Å². The molecule has 0 unspecified atom stereocenters. The molecule has 0 fully saturated rings. The first-order valence-electron chi connectivity index (χ1n) is 9.94. The normalized spacial score (nSPS) is 11.1. The Kier molecular flexibility index (Phi) is 7.48. The van der Waals surface area contributed by atoms with Gasteiger partial charge in [-0.3, -0.25) is 9.78 Å². The van der Waals surface area contributed by atoms with E-state index in [1.807, 2.05) is 47.0 Å².